The van der Waals surface area contributed by atoms with Gasteiger partial charge in [0.15, 0.2) is 0 Å². The Morgan fingerprint density at radius 3 is 2.60 bits per heavy atom. The summed E-state index contributed by atoms with van der Waals surface area (Å²) in [6.45, 7) is 1.90. The van der Waals surface area contributed by atoms with Crippen LogP contribution in [0.25, 0.3) is 0 Å². The summed E-state index contributed by atoms with van der Waals surface area (Å²) in [5, 5.41) is 14.0. The van der Waals surface area contributed by atoms with E-state index in [0.717, 1.165) is 18.4 Å². The number of carbonyl (C=O) groups is 1. The molecular formula is C19H19ClN2O3. The second kappa shape index (κ2) is 7.23. The molecule has 1 atom stereocenters. The minimum absolute atomic E-state index is 0.112. The van der Waals surface area contributed by atoms with Crippen molar-refractivity contribution in [2.45, 2.75) is 38.6 Å². The summed E-state index contributed by atoms with van der Waals surface area (Å²) in [5.41, 5.74) is 3.71. The predicted molar refractivity (Wildman–Crippen MR) is 97.1 cm³/mol. The van der Waals surface area contributed by atoms with Gasteiger partial charge >= 0.3 is 0 Å². The number of fused-ring (bicyclic) bond motifs is 1. The number of rotatable bonds is 4. The Morgan fingerprint density at radius 2 is 1.88 bits per heavy atom. The smallest absolute Gasteiger partial charge is 0.270 e. The maximum absolute atomic E-state index is 12.5. The summed E-state index contributed by atoms with van der Waals surface area (Å²) in [6, 6.07) is 9.96. The Kier molecular flexibility index (Phi) is 5.04. The molecule has 0 saturated heterocycles. The minimum atomic E-state index is -0.542. The Balaban J connectivity index is 1.79. The van der Waals surface area contributed by atoms with Crippen molar-refractivity contribution >= 4 is 23.2 Å². The predicted octanol–water partition coefficient (Wildman–Crippen LogP) is 4.62. The van der Waals surface area contributed by atoms with Gasteiger partial charge in [-0.25, -0.2) is 0 Å². The highest BCUT2D eigenvalue weighted by Crippen LogP contribution is 2.26. The third-order valence-electron chi connectivity index (χ3n) is 4.63. The Morgan fingerprint density at radius 1 is 1.16 bits per heavy atom. The van der Waals surface area contributed by atoms with Gasteiger partial charge in [0, 0.05) is 12.1 Å². The van der Waals surface area contributed by atoms with Crippen LogP contribution in [0.3, 0.4) is 0 Å². The SMILES string of the molecule is C[C@@H](NC(=O)c1cc([N+](=O)[O-])ccc1Cl)c1ccc2c(c1)CCCC2. The number of aryl methyl sites for hydroxylation is 2. The van der Waals surface area contributed by atoms with Gasteiger partial charge in [-0.1, -0.05) is 29.8 Å². The van der Waals surface area contributed by atoms with Gasteiger partial charge in [-0.3, -0.25) is 14.9 Å². The van der Waals surface area contributed by atoms with Crippen molar-refractivity contribution in [1.82, 2.24) is 5.32 Å². The van der Waals surface area contributed by atoms with Crippen LogP contribution in [-0.2, 0) is 12.8 Å². The first-order valence-electron chi connectivity index (χ1n) is 8.32. The highest BCUT2D eigenvalue weighted by atomic mass is 35.5. The largest absolute Gasteiger partial charge is 0.345 e. The van der Waals surface area contributed by atoms with E-state index in [1.807, 2.05) is 13.0 Å². The molecule has 0 bridgehead atoms. The monoisotopic (exact) mass is 358 g/mol. The average molecular weight is 359 g/mol. The van der Waals surface area contributed by atoms with Gasteiger partial charge in [-0.2, -0.15) is 0 Å². The lowest BCUT2D eigenvalue weighted by Gasteiger charge is -2.20. The first-order valence-corrected chi connectivity index (χ1v) is 8.70. The number of hydrogen-bond donors (Lipinski definition) is 1. The quantitative estimate of drug-likeness (QED) is 0.640. The minimum Gasteiger partial charge on any atom is -0.345 e. The number of carbonyl (C=O) groups excluding carboxylic acids is 1. The maximum Gasteiger partial charge on any atom is 0.270 e. The molecule has 1 N–H and O–H groups in total. The van der Waals surface area contributed by atoms with Crippen molar-refractivity contribution in [1.29, 1.82) is 0 Å². The van der Waals surface area contributed by atoms with Crippen molar-refractivity contribution in [3.05, 3.63) is 73.8 Å². The van der Waals surface area contributed by atoms with Gasteiger partial charge in [0.1, 0.15) is 0 Å². The molecule has 1 amide bonds. The zero-order valence-electron chi connectivity index (χ0n) is 13.9. The van der Waals surface area contributed by atoms with Crippen molar-refractivity contribution in [3.63, 3.8) is 0 Å². The van der Waals surface area contributed by atoms with Crippen molar-refractivity contribution in [2.24, 2.45) is 0 Å². The highest BCUT2D eigenvalue weighted by Gasteiger charge is 2.19. The number of benzene rings is 2. The normalized spacial score (nSPS) is 14.5. The summed E-state index contributed by atoms with van der Waals surface area (Å²) in [6.07, 6.45) is 4.60. The lowest BCUT2D eigenvalue weighted by molar-refractivity contribution is -0.384. The van der Waals surface area contributed by atoms with E-state index in [1.54, 1.807) is 0 Å². The molecule has 3 rings (SSSR count). The molecule has 25 heavy (non-hydrogen) atoms. The summed E-state index contributed by atoms with van der Waals surface area (Å²) >= 11 is 6.04. The molecule has 0 saturated carbocycles. The molecule has 0 aliphatic heterocycles. The fraction of sp³-hybridized carbons (Fsp3) is 0.316. The molecule has 0 unspecified atom stereocenters. The molecule has 0 radical (unpaired) electrons. The fourth-order valence-electron chi connectivity index (χ4n) is 3.18. The number of amides is 1. The average Bonchev–Trinajstić information content (AvgIpc) is 2.61. The topological polar surface area (TPSA) is 72.2 Å². The molecule has 5 nitrogen and oxygen atoms in total. The Labute approximate surface area is 151 Å². The second-order valence-electron chi connectivity index (χ2n) is 6.35. The number of nitrogens with zero attached hydrogens (tertiary/aromatic N) is 1. The molecule has 2 aromatic rings. The van der Waals surface area contributed by atoms with Crippen LogP contribution >= 0.6 is 11.6 Å². The van der Waals surface area contributed by atoms with E-state index < -0.39 is 10.8 Å². The summed E-state index contributed by atoms with van der Waals surface area (Å²) in [5.74, 6) is -0.418. The number of nitro groups is 1. The molecule has 6 heteroatoms. The van der Waals surface area contributed by atoms with Crippen LogP contribution in [0.5, 0.6) is 0 Å². The molecule has 0 aromatic heterocycles. The van der Waals surface area contributed by atoms with Gasteiger partial charge in [0.05, 0.1) is 21.6 Å². The number of non-ortho nitro benzene ring substituents is 1. The Hall–Kier alpha value is -2.40. The summed E-state index contributed by atoms with van der Waals surface area (Å²) in [4.78, 5) is 22.9. The van der Waals surface area contributed by atoms with Crippen LogP contribution in [0.2, 0.25) is 5.02 Å². The van der Waals surface area contributed by atoms with E-state index in [9.17, 15) is 14.9 Å². The van der Waals surface area contributed by atoms with E-state index >= 15 is 0 Å². The number of halogens is 1. The van der Waals surface area contributed by atoms with E-state index in [2.05, 4.69) is 17.4 Å². The van der Waals surface area contributed by atoms with E-state index in [0.29, 0.717) is 0 Å². The van der Waals surface area contributed by atoms with Crippen LogP contribution in [0.1, 0.15) is 52.9 Å². The van der Waals surface area contributed by atoms with E-state index in [-0.39, 0.29) is 22.3 Å². The molecule has 1 aliphatic rings. The van der Waals surface area contributed by atoms with Crippen molar-refractivity contribution in [2.75, 3.05) is 0 Å². The first-order chi connectivity index (χ1) is 12.0. The van der Waals surface area contributed by atoms with Crippen LogP contribution < -0.4 is 5.32 Å². The summed E-state index contributed by atoms with van der Waals surface area (Å²) < 4.78 is 0. The van der Waals surface area contributed by atoms with Crippen molar-refractivity contribution < 1.29 is 9.72 Å². The maximum atomic E-state index is 12.5. The molecule has 0 spiro atoms. The van der Waals surface area contributed by atoms with Crippen LogP contribution in [0, 0.1) is 10.1 Å². The van der Waals surface area contributed by atoms with Gasteiger partial charge in [0.2, 0.25) is 0 Å². The zero-order valence-corrected chi connectivity index (χ0v) is 14.7. The van der Waals surface area contributed by atoms with Gasteiger partial charge < -0.3 is 5.32 Å². The highest BCUT2D eigenvalue weighted by molar-refractivity contribution is 6.33. The fourth-order valence-corrected chi connectivity index (χ4v) is 3.38. The number of nitro benzene ring substituents is 1. The van der Waals surface area contributed by atoms with Crippen LogP contribution in [-0.4, -0.2) is 10.8 Å². The van der Waals surface area contributed by atoms with Gasteiger partial charge in [0.25, 0.3) is 11.6 Å². The summed E-state index contributed by atoms with van der Waals surface area (Å²) in [7, 11) is 0. The molecule has 1 aliphatic carbocycles. The zero-order chi connectivity index (χ0) is 18.0. The van der Waals surface area contributed by atoms with Crippen LogP contribution in [0.4, 0.5) is 5.69 Å². The third kappa shape index (κ3) is 3.82. The number of nitrogens with one attached hydrogen (secondary N) is 1. The standard InChI is InChI=1S/C19H19ClN2O3/c1-12(14-7-6-13-4-2-3-5-15(13)10-14)21-19(23)17-11-16(22(24)25)8-9-18(17)20/h6-12H,2-5H2,1H3,(H,21,23)/t12-/m1/s1. The molecule has 2 aromatic carbocycles. The molecule has 0 heterocycles. The second-order valence-corrected chi connectivity index (χ2v) is 6.76. The lowest BCUT2D eigenvalue weighted by Crippen LogP contribution is -2.27. The third-order valence-corrected chi connectivity index (χ3v) is 4.96. The molecule has 130 valence electrons. The number of hydrogen-bond acceptors (Lipinski definition) is 3. The first kappa shape index (κ1) is 17.4. The van der Waals surface area contributed by atoms with Crippen molar-refractivity contribution in [3.8, 4) is 0 Å². The molecule has 0 fully saturated rings. The van der Waals surface area contributed by atoms with Crippen LogP contribution in [0.15, 0.2) is 36.4 Å². The lowest BCUT2D eigenvalue weighted by atomic mass is 9.89. The van der Waals surface area contributed by atoms with E-state index in [4.69, 9.17) is 11.6 Å². The Bertz CT molecular complexity index is 835. The molecular weight excluding hydrogens is 340 g/mol. The van der Waals surface area contributed by atoms with Gasteiger partial charge in [-0.05, 0) is 55.4 Å². The van der Waals surface area contributed by atoms with E-state index in [1.165, 1.54) is 42.2 Å². The van der Waals surface area contributed by atoms with Gasteiger partial charge in [-0.15, -0.1) is 0 Å².